The molecule has 4 aromatic rings. The summed E-state index contributed by atoms with van der Waals surface area (Å²) < 4.78 is 14.1. The first-order chi connectivity index (χ1) is 13.1. The Labute approximate surface area is 169 Å². The second-order valence-electron chi connectivity index (χ2n) is 5.93. The maximum absolute atomic E-state index is 5.90. The van der Waals surface area contributed by atoms with E-state index in [4.69, 9.17) is 14.5 Å². The fourth-order valence-corrected chi connectivity index (χ4v) is 3.75. The molecule has 0 atom stereocenters. The van der Waals surface area contributed by atoms with Gasteiger partial charge >= 0.3 is 0 Å². The number of benzene rings is 1. The molecule has 0 aliphatic rings. The molecule has 0 radical (unpaired) electrons. The largest absolute Gasteiger partial charge is 0.484 e. The first-order valence-corrected chi connectivity index (χ1v) is 9.98. The van der Waals surface area contributed by atoms with Crippen LogP contribution in [0.5, 0.6) is 11.6 Å². The van der Waals surface area contributed by atoms with Gasteiger partial charge in [0.25, 0.3) is 0 Å². The lowest BCUT2D eigenvalue weighted by Gasteiger charge is -2.10. The highest BCUT2D eigenvalue weighted by Gasteiger charge is 2.14. The summed E-state index contributed by atoms with van der Waals surface area (Å²) in [5.74, 6) is 2.06. The van der Waals surface area contributed by atoms with E-state index in [2.05, 4.69) is 41.9 Å². The van der Waals surface area contributed by atoms with Crippen LogP contribution in [0.3, 0.4) is 0 Å². The molecule has 0 aliphatic carbocycles. The van der Waals surface area contributed by atoms with Crippen LogP contribution in [-0.4, -0.2) is 26.6 Å². The number of aryl methyl sites for hydroxylation is 1. The van der Waals surface area contributed by atoms with Crippen molar-refractivity contribution in [1.29, 1.82) is 0 Å². The zero-order valence-corrected chi connectivity index (χ0v) is 17.2. The van der Waals surface area contributed by atoms with Gasteiger partial charge in [-0.15, -0.1) is 11.3 Å². The third-order valence-electron chi connectivity index (χ3n) is 4.06. The number of hydrogen-bond acceptors (Lipinski definition) is 6. The minimum Gasteiger partial charge on any atom is -0.484 e. The van der Waals surface area contributed by atoms with Crippen molar-refractivity contribution in [2.75, 3.05) is 7.11 Å². The van der Waals surface area contributed by atoms with Crippen LogP contribution < -0.4 is 9.47 Å². The molecule has 0 amide bonds. The van der Waals surface area contributed by atoms with Crippen molar-refractivity contribution in [3.63, 3.8) is 0 Å². The number of fused-ring (bicyclic) bond motifs is 1. The summed E-state index contributed by atoms with van der Waals surface area (Å²) in [6.07, 6.45) is 1.65. The minimum atomic E-state index is 0.337. The Kier molecular flexibility index (Phi) is 5.09. The van der Waals surface area contributed by atoms with E-state index in [0.717, 1.165) is 32.0 Å². The number of rotatable bonds is 6. The molecule has 0 bridgehead atoms. The Morgan fingerprint density at radius 1 is 1.19 bits per heavy atom. The average Bonchev–Trinajstić information content (AvgIpc) is 3.24. The molecule has 4 rings (SSSR count). The molecule has 3 heterocycles. The van der Waals surface area contributed by atoms with Crippen molar-refractivity contribution in [2.24, 2.45) is 0 Å². The van der Waals surface area contributed by atoms with Gasteiger partial charge in [-0.3, -0.25) is 0 Å². The highest BCUT2D eigenvalue weighted by Crippen LogP contribution is 2.24. The number of hydrogen-bond donors (Lipinski definition) is 0. The molecule has 3 aromatic heterocycles. The predicted octanol–water partition coefficient (Wildman–Crippen LogP) is 4.59. The number of methoxy groups -OCH3 is 1. The highest BCUT2D eigenvalue weighted by atomic mass is 79.9. The number of pyridine rings is 1. The topological polar surface area (TPSA) is 62.1 Å². The number of imidazole rings is 1. The van der Waals surface area contributed by atoms with Gasteiger partial charge in [-0.05, 0) is 31.2 Å². The molecular formula is C19H17BrN4O2S. The third kappa shape index (κ3) is 3.96. The maximum Gasteiger partial charge on any atom is 0.213 e. The van der Waals surface area contributed by atoms with Gasteiger partial charge in [0.05, 0.1) is 41.6 Å². The fourth-order valence-electron chi connectivity index (χ4n) is 2.80. The number of nitrogens with zero attached hydrogens (tertiary/aromatic N) is 4. The van der Waals surface area contributed by atoms with Crippen LogP contribution in [0.15, 0.2) is 46.4 Å². The van der Waals surface area contributed by atoms with E-state index in [-0.39, 0.29) is 0 Å². The quantitative estimate of drug-likeness (QED) is 0.434. The Bertz CT molecular complexity index is 1080. The minimum absolute atomic E-state index is 0.337. The van der Waals surface area contributed by atoms with Crippen LogP contribution in [0.1, 0.15) is 16.5 Å². The first kappa shape index (κ1) is 17.9. The van der Waals surface area contributed by atoms with E-state index in [1.54, 1.807) is 30.7 Å². The Balaban J connectivity index is 1.64. The molecule has 0 unspecified atom stereocenters. The standard InChI is InChI=1S/C19H17BrN4O2S/c1-12-22-14(11-27-12)9-24-17-7-13(20)3-5-16(17)23-18(24)10-26-15-4-6-19(25-2)21-8-15/h3-8,11H,9-10H2,1-2H3. The van der Waals surface area contributed by atoms with Crippen LogP contribution in [0, 0.1) is 6.92 Å². The molecule has 138 valence electrons. The molecule has 27 heavy (non-hydrogen) atoms. The summed E-state index contributed by atoms with van der Waals surface area (Å²) in [5, 5.41) is 3.13. The van der Waals surface area contributed by atoms with Crippen LogP contribution in [0.2, 0.25) is 0 Å². The van der Waals surface area contributed by atoms with Gasteiger partial charge in [0.2, 0.25) is 5.88 Å². The van der Waals surface area contributed by atoms with Gasteiger partial charge in [0.15, 0.2) is 0 Å². The van der Waals surface area contributed by atoms with E-state index in [1.807, 2.05) is 25.1 Å². The number of thiazole rings is 1. The van der Waals surface area contributed by atoms with Crippen molar-refractivity contribution in [1.82, 2.24) is 19.5 Å². The fraction of sp³-hybridized carbons (Fsp3) is 0.211. The summed E-state index contributed by atoms with van der Waals surface area (Å²) >= 11 is 5.20. The number of halogens is 1. The molecule has 0 saturated heterocycles. The summed E-state index contributed by atoms with van der Waals surface area (Å²) in [7, 11) is 1.59. The molecular weight excluding hydrogens is 428 g/mol. The van der Waals surface area contributed by atoms with E-state index >= 15 is 0 Å². The zero-order chi connectivity index (χ0) is 18.8. The highest BCUT2D eigenvalue weighted by molar-refractivity contribution is 9.10. The van der Waals surface area contributed by atoms with Crippen molar-refractivity contribution in [3.8, 4) is 11.6 Å². The SMILES string of the molecule is COc1ccc(OCc2nc3ccc(Br)cc3n2Cc2csc(C)n2)cn1. The lowest BCUT2D eigenvalue weighted by molar-refractivity contribution is 0.288. The van der Waals surface area contributed by atoms with E-state index in [9.17, 15) is 0 Å². The van der Waals surface area contributed by atoms with Crippen LogP contribution in [0.25, 0.3) is 11.0 Å². The molecule has 0 fully saturated rings. The summed E-state index contributed by atoms with van der Waals surface area (Å²) in [5.41, 5.74) is 2.99. The van der Waals surface area contributed by atoms with E-state index in [1.165, 1.54) is 0 Å². The lowest BCUT2D eigenvalue weighted by atomic mass is 10.3. The van der Waals surface area contributed by atoms with Crippen LogP contribution in [-0.2, 0) is 13.2 Å². The van der Waals surface area contributed by atoms with E-state index in [0.29, 0.717) is 24.8 Å². The molecule has 6 nitrogen and oxygen atoms in total. The first-order valence-electron chi connectivity index (χ1n) is 8.31. The Morgan fingerprint density at radius 2 is 2.07 bits per heavy atom. The van der Waals surface area contributed by atoms with Gasteiger partial charge in [-0.1, -0.05) is 15.9 Å². The van der Waals surface area contributed by atoms with Gasteiger partial charge in [0, 0.05) is 15.9 Å². The Morgan fingerprint density at radius 3 is 2.78 bits per heavy atom. The molecule has 1 aromatic carbocycles. The molecule has 0 saturated carbocycles. The average molecular weight is 445 g/mol. The second kappa shape index (κ2) is 7.66. The van der Waals surface area contributed by atoms with Crippen LogP contribution >= 0.6 is 27.3 Å². The predicted molar refractivity (Wildman–Crippen MR) is 109 cm³/mol. The number of ether oxygens (including phenoxy) is 2. The van der Waals surface area contributed by atoms with Gasteiger partial charge in [-0.2, -0.15) is 0 Å². The Hall–Kier alpha value is -2.45. The number of aromatic nitrogens is 4. The van der Waals surface area contributed by atoms with Crippen molar-refractivity contribution in [2.45, 2.75) is 20.1 Å². The lowest BCUT2D eigenvalue weighted by Crippen LogP contribution is -2.09. The summed E-state index contributed by atoms with van der Waals surface area (Å²) in [6.45, 7) is 3.00. The van der Waals surface area contributed by atoms with E-state index < -0.39 is 0 Å². The van der Waals surface area contributed by atoms with Crippen molar-refractivity contribution < 1.29 is 9.47 Å². The summed E-state index contributed by atoms with van der Waals surface area (Å²) in [6, 6.07) is 9.66. The normalized spacial score (nSPS) is 11.1. The smallest absolute Gasteiger partial charge is 0.213 e. The van der Waals surface area contributed by atoms with Gasteiger partial charge in [-0.25, -0.2) is 15.0 Å². The molecule has 8 heteroatoms. The van der Waals surface area contributed by atoms with Crippen molar-refractivity contribution in [3.05, 3.63) is 62.9 Å². The van der Waals surface area contributed by atoms with Crippen LogP contribution in [0.4, 0.5) is 0 Å². The molecule has 0 N–H and O–H groups in total. The zero-order valence-electron chi connectivity index (χ0n) is 14.8. The molecule has 0 spiro atoms. The summed E-state index contributed by atoms with van der Waals surface area (Å²) in [4.78, 5) is 13.5. The molecule has 0 aliphatic heterocycles. The maximum atomic E-state index is 5.90. The van der Waals surface area contributed by atoms with Gasteiger partial charge in [0.1, 0.15) is 18.2 Å². The van der Waals surface area contributed by atoms with Gasteiger partial charge < -0.3 is 14.0 Å². The van der Waals surface area contributed by atoms with Crippen molar-refractivity contribution >= 4 is 38.3 Å². The third-order valence-corrected chi connectivity index (χ3v) is 5.38. The second-order valence-corrected chi connectivity index (χ2v) is 7.91. The monoisotopic (exact) mass is 444 g/mol.